The van der Waals surface area contributed by atoms with E-state index in [1.807, 2.05) is 30.4 Å². The summed E-state index contributed by atoms with van der Waals surface area (Å²) in [5.41, 5.74) is 3.04. The van der Waals surface area contributed by atoms with Gasteiger partial charge in [-0.25, -0.2) is 0 Å². The van der Waals surface area contributed by atoms with E-state index in [0.717, 1.165) is 0 Å². The van der Waals surface area contributed by atoms with Gasteiger partial charge >= 0.3 is 0 Å². The third-order valence-electron chi connectivity index (χ3n) is 6.80. The van der Waals surface area contributed by atoms with Crippen LogP contribution >= 0.6 is 23.5 Å². The van der Waals surface area contributed by atoms with Gasteiger partial charge in [-0.05, 0) is 46.9 Å². The molecule has 0 spiro atoms. The molecule has 1 aliphatic carbocycles. The Hall–Kier alpha value is -0.690. The fourth-order valence-electron chi connectivity index (χ4n) is 4.30. The Morgan fingerprint density at radius 3 is 2.00 bits per heavy atom. The molecule has 1 saturated heterocycles. The van der Waals surface area contributed by atoms with Crippen LogP contribution in [0.4, 0.5) is 0 Å². The van der Waals surface area contributed by atoms with Crippen molar-refractivity contribution < 1.29 is 14.3 Å². The van der Waals surface area contributed by atoms with Crippen LogP contribution in [0.1, 0.15) is 85.3 Å². The average Bonchev–Trinajstić information content (AvgIpc) is 3.18. The lowest BCUT2D eigenvalue weighted by molar-refractivity contribution is -0.232. The van der Waals surface area contributed by atoms with Gasteiger partial charge in [-0.3, -0.25) is 9.69 Å². The molecule has 186 valence electrons. The Morgan fingerprint density at radius 2 is 1.48 bits per heavy atom. The molecule has 0 radical (unpaired) electrons. The molecule has 33 heavy (non-hydrogen) atoms. The largest absolute Gasteiger partial charge is 0.330 e. The van der Waals surface area contributed by atoms with Crippen molar-refractivity contribution in [2.45, 2.75) is 106 Å². The van der Waals surface area contributed by atoms with Crippen molar-refractivity contribution in [1.29, 1.82) is 0 Å². The van der Waals surface area contributed by atoms with Crippen LogP contribution in [0.15, 0.2) is 23.1 Å². The number of rotatable bonds is 6. The quantitative estimate of drug-likeness (QED) is 0.446. The van der Waals surface area contributed by atoms with Crippen molar-refractivity contribution in [2.24, 2.45) is 0 Å². The minimum atomic E-state index is -0.922. The third kappa shape index (κ3) is 6.93. The second-order valence-corrected chi connectivity index (χ2v) is 14.1. The summed E-state index contributed by atoms with van der Waals surface area (Å²) in [4.78, 5) is 15.9. The first-order valence-corrected chi connectivity index (χ1v) is 14.2. The molecule has 1 amide bonds. The Morgan fingerprint density at radius 1 is 0.970 bits per heavy atom. The Balaban J connectivity index is 1.71. The summed E-state index contributed by atoms with van der Waals surface area (Å²) in [5.74, 6) is -0.381. The van der Waals surface area contributed by atoms with Gasteiger partial charge in [0, 0.05) is 29.4 Å². The minimum Gasteiger partial charge on any atom is -0.330 e. The zero-order valence-corrected chi connectivity index (χ0v) is 23.5. The summed E-state index contributed by atoms with van der Waals surface area (Å²) >= 11 is 3.84. The van der Waals surface area contributed by atoms with E-state index in [2.05, 4.69) is 59.7 Å². The predicted molar refractivity (Wildman–Crippen MR) is 141 cm³/mol. The minimum absolute atomic E-state index is 0.0727. The molecule has 1 aromatic carbocycles. The maximum Gasteiger partial charge on any atom is 0.250 e. The van der Waals surface area contributed by atoms with Gasteiger partial charge in [0.05, 0.1) is 19.0 Å². The van der Waals surface area contributed by atoms with Gasteiger partial charge in [-0.15, -0.1) is 23.5 Å². The van der Waals surface area contributed by atoms with Gasteiger partial charge in [0.25, 0.3) is 5.91 Å². The zero-order valence-electron chi connectivity index (χ0n) is 21.8. The molecule has 1 aromatic rings. The van der Waals surface area contributed by atoms with E-state index < -0.39 is 5.91 Å². The summed E-state index contributed by atoms with van der Waals surface area (Å²) < 4.78 is 11.3. The van der Waals surface area contributed by atoms with Gasteiger partial charge in [0.15, 0.2) is 0 Å². The standard InChI is InChI=1S/C27H43NO3S2/c1-25(2,3)19-15-20(26(4,5)6)17-21(16-19)33-23-12-10-9-11-22(23)32-18-24(29)28(8)27(7)30-13-14-31-27/h15-17,22-23H,9-14,18H2,1-8H3. The second kappa shape index (κ2) is 10.5. The number of benzene rings is 1. The van der Waals surface area contributed by atoms with Crippen molar-refractivity contribution >= 4 is 29.4 Å². The van der Waals surface area contributed by atoms with Gasteiger partial charge in [0.1, 0.15) is 0 Å². The predicted octanol–water partition coefficient (Wildman–Crippen LogP) is 6.60. The Bertz CT molecular complexity index is 789. The molecule has 1 saturated carbocycles. The number of nitrogens with zero attached hydrogens (tertiary/aromatic N) is 1. The molecule has 1 aliphatic heterocycles. The molecule has 1 heterocycles. The van der Waals surface area contributed by atoms with E-state index >= 15 is 0 Å². The molecule has 0 N–H and O–H groups in total. The van der Waals surface area contributed by atoms with Crippen LogP contribution in [0.5, 0.6) is 0 Å². The molecular weight excluding hydrogens is 450 g/mol. The van der Waals surface area contributed by atoms with E-state index in [4.69, 9.17) is 9.47 Å². The number of amides is 1. The lowest BCUT2D eigenvalue weighted by atomic mass is 9.81. The van der Waals surface area contributed by atoms with Gasteiger partial charge in [-0.2, -0.15) is 0 Å². The SMILES string of the molecule is CN(C(=O)CSC1CCCCC1Sc1cc(C(C)(C)C)cc(C(C)(C)C)c1)C1(C)OCCO1. The van der Waals surface area contributed by atoms with Gasteiger partial charge in [-0.1, -0.05) is 60.5 Å². The fourth-order valence-corrected chi connectivity index (χ4v) is 7.24. The number of hydrogen-bond acceptors (Lipinski definition) is 5. The molecule has 6 heteroatoms. The summed E-state index contributed by atoms with van der Waals surface area (Å²) in [6.45, 7) is 16.7. The van der Waals surface area contributed by atoms with Crippen molar-refractivity contribution in [1.82, 2.24) is 4.90 Å². The third-order valence-corrected chi connectivity index (χ3v) is 9.75. The number of carbonyl (C=O) groups is 1. The highest BCUT2D eigenvalue weighted by atomic mass is 32.2. The number of thioether (sulfide) groups is 2. The Kier molecular flexibility index (Phi) is 8.57. The monoisotopic (exact) mass is 493 g/mol. The van der Waals surface area contributed by atoms with Crippen LogP contribution < -0.4 is 0 Å². The molecule has 2 aliphatic rings. The number of hydrogen-bond donors (Lipinski definition) is 0. The van der Waals surface area contributed by atoms with Crippen molar-refractivity contribution in [3.05, 3.63) is 29.3 Å². The van der Waals surface area contributed by atoms with Crippen LogP contribution in [0.2, 0.25) is 0 Å². The first-order valence-electron chi connectivity index (χ1n) is 12.3. The van der Waals surface area contributed by atoms with E-state index in [9.17, 15) is 4.79 Å². The molecule has 4 nitrogen and oxygen atoms in total. The molecule has 2 atom stereocenters. The van der Waals surface area contributed by atoms with Crippen molar-refractivity contribution in [2.75, 3.05) is 26.0 Å². The van der Waals surface area contributed by atoms with Crippen LogP contribution in [0.3, 0.4) is 0 Å². The number of ether oxygens (including phenoxy) is 2. The first kappa shape index (κ1) is 26.9. The highest BCUT2D eigenvalue weighted by Crippen LogP contribution is 2.42. The van der Waals surface area contributed by atoms with Gasteiger partial charge in [0.2, 0.25) is 5.91 Å². The molecule has 2 unspecified atom stereocenters. The van der Waals surface area contributed by atoms with E-state index in [1.54, 1.807) is 11.9 Å². The normalized spacial score (nSPS) is 23.5. The zero-order chi connectivity index (χ0) is 24.4. The molecular formula is C27H43NO3S2. The lowest BCUT2D eigenvalue weighted by Crippen LogP contribution is -2.49. The summed E-state index contributed by atoms with van der Waals surface area (Å²) in [6.07, 6.45) is 4.90. The van der Waals surface area contributed by atoms with Crippen LogP contribution in [0.25, 0.3) is 0 Å². The smallest absolute Gasteiger partial charge is 0.250 e. The van der Waals surface area contributed by atoms with Gasteiger partial charge < -0.3 is 9.47 Å². The summed E-state index contributed by atoms with van der Waals surface area (Å²) in [5, 5.41) is 1.01. The molecule has 0 bridgehead atoms. The van der Waals surface area contributed by atoms with Crippen molar-refractivity contribution in [3.63, 3.8) is 0 Å². The van der Waals surface area contributed by atoms with Crippen LogP contribution in [-0.4, -0.2) is 53.2 Å². The lowest BCUT2D eigenvalue weighted by Gasteiger charge is -2.34. The maximum absolute atomic E-state index is 12.9. The van der Waals surface area contributed by atoms with E-state index in [0.29, 0.717) is 29.5 Å². The topological polar surface area (TPSA) is 38.8 Å². The van der Waals surface area contributed by atoms with Crippen LogP contribution in [-0.2, 0) is 25.1 Å². The summed E-state index contributed by atoms with van der Waals surface area (Å²) in [7, 11) is 1.79. The Labute approximate surface area is 209 Å². The molecule has 2 fully saturated rings. The molecule has 3 rings (SSSR count). The van der Waals surface area contributed by atoms with Crippen LogP contribution in [0, 0.1) is 0 Å². The molecule has 0 aromatic heterocycles. The highest BCUT2D eigenvalue weighted by molar-refractivity contribution is 8.04. The first-order chi connectivity index (χ1) is 15.3. The number of carbonyl (C=O) groups excluding carboxylic acids is 1. The second-order valence-electron chi connectivity index (χ2n) is 11.6. The average molecular weight is 494 g/mol. The van der Waals surface area contributed by atoms with Crippen molar-refractivity contribution in [3.8, 4) is 0 Å². The van der Waals surface area contributed by atoms with E-state index in [-0.39, 0.29) is 16.7 Å². The summed E-state index contributed by atoms with van der Waals surface area (Å²) in [6, 6.07) is 7.18. The maximum atomic E-state index is 12.9. The fraction of sp³-hybridized carbons (Fsp3) is 0.741. The highest BCUT2D eigenvalue weighted by Gasteiger charge is 2.39. The van der Waals surface area contributed by atoms with E-state index in [1.165, 1.54) is 41.7 Å².